The third kappa shape index (κ3) is 9.98. The molecule has 37 heteroatoms. The minimum atomic E-state index is -13.8. The Labute approximate surface area is 445 Å². The van der Waals surface area contributed by atoms with Gasteiger partial charge < -0.3 is 0 Å². The van der Waals surface area contributed by atoms with Gasteiger partial charge >= 0.3 is 446 Å². The van der Waals surface area contributed by atoms with Crippen molar-refractivity contribution in [1.29, 1.82) is 0 Å². The van der Waals surface area contributed by atoms with Gasteiger partial charge in [0.2, 0.25) is 0 Å². The topological polar surface area (TPSA) is 0 Å². The molecule has 0 aromatic heterocycles. The Morgan fingerprint density at radius 2 is 0.259 bits per heavy atom. The van der Waals surface area contributed by atoms with E-state index in [1.54, 1.807) is 0 Å². The van der Waals surface area contributed by atoms with E-state index in [0.717, 1.165) is 0 Å². The van der Waals surface area contributed by atoms with E-state index in [9.17, 15) is 0 Å². The van der Waals surface area contributed by atoms with Crippen LogP contribution in [0.5, 0.6) is 0 Å². The van der Waals surface area contributed by atoms with Crippen molar-refractivity contribution in [2.24, 2.45) is 0 Å². The summed E-state index contributed by atoms with van der Waals surface area (Å²) in [4.78, 5) is 0. The zero-order chi connectivity index (χ0) is 65.5. The van der Waals surface area contributed by atoms with Crippen LogP contribution in [0.3, 0.4) is 0 Å². The molecule has 0 aliphatic heterocycles. The van der Waals surface area contributed by atoms with Gasteiger partial charge in [-0.3, -0.25) is 0 Å². The molecular formula is C48H18F36P-. The van der Waals surface area contributed by atoms with E-state index in [-0.39, 0.29) is 0 Å². The average Bonchev–Trinajstić information content (AvgIpc) is 0.598. The molecule has 0 saturated carbocycles. The maximum absolute atomic E-state index is 16.8. The molecule has 0 bridgehead atoms. The molecule has 0 heterocycles. The van der Waals surface area contributed by atoms with Crippen molar-refractivity contribution in [3.05, 3.63) is 176 Å². The first-order valence-corrected chi connectivity index (χ1v) is 24.3. The van der Waals surface area contributed by atoms with Crippen LogP contribution in [0.25, 0.3) is 0 Å². The Bertz CT molecular complexity index is 2950. The van der Waals surface area contributed by atoms with Crippen LogP contribution in [0.4, 0.5) is 158 Å². The molecule has 0 nitrogen and oxygen atoms in total. The number of hydrogen-bond donors (Lipinski definition) is 0. The zero-order valence-corrected chi connectivity index (χ0v) is 40.3. The van der Waals surface area contributed by atoms with Gasteiger partial charge in [-0.05, 0) is 0 Å². The standard InChI is InChI=1S/C48H18F36P/c49-37(50,51)19-7-1-13-25(31(19)43(67,68)69)85(26-14-2-8-20(38(52,53)54)32(26)44(70,71)72,27-15-3-9-21(39(55,56)57)33(27)45(73,74)75,28-16-4-10-22(40(58,59)60)34(28)46(76,77)78,29-17-5-11-23(41(61,62)63)35(29)47(79,80)81)30-18-6-12-24(42(64,65)66)36(30)48(82,83)84/h1-18H/q-1. The molecule has 6 rings (SSSR count). The van der Waals surface area contributed by atoms with Crippen LogP contribution in [-0.2, 0) is 74.1 Å². The van der Waals surface area contributed by atoms with E-state index >= 15 is 158 Å². The van der Waals surface area contributed by atoms with E-state index in [1.165, 1.54) is 0 Å². The van der Waals surface area contributed by atoms with Gasteiger partial charge in [-0.15, -0.1) is 0 Å². The van der Waals surface area contributed by atoms with Crippen LogP contribution in [0, 0.1) is 0 Å². The predicted octanol–water partition coefficient (Wildman–Crippen LogP) is 18.3. The van der Waals surface area contributed by atoms with Crippen LogP contribution < -0.4 is 31.8 Å². The minimum absolute atomic E-state index is 1.19. The second-order valence-electron chi connectivity index (χ2n) is 17.8. The maximum atomic E-state index is 16.8. The summed E-state index contributed by atoms with van der Waals surface area (Å²) >= 11 is 0. The molecule has 0 radical (unpaired) electrons. The van der Waals surface area contributed by atoms with Crippen LogP contribution in [0.1, 0.15) is 66.8 Å². The van der Waals surface area contributed by atoms with Crippen LogP contribution in [0.15, 0.2) is 109 Å². The molecule has 0 spiro atoms. The van der Waals surface area contributed by atoms with E-state index < -0.39 is 288 Å². The van der Waals surface area contributed by atoms with Crippen molar-refractivity contribution in [1.82, 2.24) is 0 Å². The van der Waals surface area contributed by atoms with Crippen LogP contribution in [-0.4, -0.2) is 0 Å². The van der Waals surface area contributed by atoms with Gasteiger partial charge in [0, 0.05) is 0 Å². The first kappa shape index (κ1) is 67.4. The molecule has 6 aromatic carbocycles. The normalized spacial score (nSPS) is 15.2. The molecule has 0 fully saturated rings. The summed E-state index contributed by atoms with van der Waals surface area (Å²) < 4.78 is 586. The summed E-state index contributed by atoms with van der Waals surface area (Å²) in [5.41, 5.74) is -55.0. The van der Waals surface area contributed by atoms with E-state index in [1.807, 2.05) is 0 Å². The molecule has 85 heavy (non-hydrogen) atoms. The Morgan fingerprint density at radius 1 is 0.153 bits per heavy atom. The van der Waals surface area contributed by atoms with E-state index in [2.05, 4.69) is 0 Å². The molecule has 0 amide bonds. The first-order chi connectivity index (χ1) is 37.8. The first-order valence-electron chi connectivity index (χ1n) is 21.6. The molecule has 6 aromatic rings. The Balaban J connectivity index is 2.83. The summed E-state index contributed by atoms with van der Waals surface area (Å²) in [6, 6.07) is -25.1. The van der Waals surface area contributed by atoms with Gasteiger partial charge in [-0.2, -0.15) is 0 Å². The summed E-state index contributed by atoms with van der Waals surface area (Å²) in [5.74, 6) is -13.8. The number of alkyl halides is 36. The SMILES string of the molecule is FC(F)(F)c1cccc([P-](c2cccc(C(F)(F)F)c2C(F)(F)F)(c2cccc(C(F)(F)F)c2C(F)(F)F)(c2cccc(C(F)(F)F)c2C(F)(F)F)(c2cccc(C(F)(F)F)c2C(F)(F)F)c2cccc(C(F)(F)F)c2C(F)(F)F)c1C(F)(F)F. The fourth-order valence-electron chi connectivity index (χ4n) is 11.2. The van der Waals surface area contributed by atoms with Crippen LogP contribution in [0.2, 0.25) is 0 Å². The van der Waals surface area contributed by atoms with Crippen molar-refractivity contribution >= 4 is 37.8 Å². The van der Waals surface area contributed by atoms with Crippen molar-refractivity contribution in [2.75, 3.05) is 0 Å². The van der Waals surface area contributed by atoms with Gasteiger partial charge in [0.05, 0.1) is 0 Å². The third-order valence-corrected chi connectivity index (χ3v) is 22.9. The number of benzene rings is 6. The molecule has 0 aliphatic rings. The van der Waals surface area contributed by atoms with Crippen molar-refractivity contribution in [3.63, 3.8) is 0 Å². The molecule has 0 aliphatic carbocycles. The van der Waals surface area contributed by atoms with Crippen molar-refractivity contribution < 1.29 is 158 Å². The summed E-state index contributed by atoms with van der Waals surface area (Å²) in [7, 11) is 0. The average molecular weight is 1310 g/mol. The Morgan fingerprint density at radius 3 is 0.341 bits per heavy atom. The Kier molecular flexibility index (Phi) is 15.3. The molecule has 0 unspecified atom stereocenters. The van der Waals surface area contributed by atoms with E-state index in [4.69, 9.17) is 0 Å². The van der Waals surface area contributed by atoms with Gasteiger partial charge in [0.15, 0.2) is 0 Å². The number of halogens is 36. The number of rotatable bonds is 6. The van der Waals surface area contributed by atoms with Crippen LogP contribution >= 0.6 is 5.94 Å². The fraction of sp³-hybridized carbons (Fsp3) is 0.250. The third-order valence-electron chi connectivity index (χ3n) is 13.4. The molecular weight excluding hydrogens is 1290 g/mol. The quantitative estimate of drug-likeness (QED) is 0.115. The summed E-state index contributed by atoms with van der Waals surface area (Å²) in [6.07, 6.45) is -94.0. The number of hydrogen-bond acceptors (Lipinski definition) is 0. The second kappa shape index (κ2) is 19.4. The molecule has 0 saturated heterocycles. The van der Waals surface area contributed by atoms with Gasteiger partial charge in [-0.25, -0.2) is 0 Å². The van der Waals surface area contributed by atoms with Gasteiger partial charge in [0.1, 0.15) is 0 Å². The Hall–Kier alpha value is -6.77. The zero-order valence-electron chi connectivity index (χ0n) is 39.4. The van der Waals surface area contributed by atoms with Crippen molar-refractivity contribution in [3.8, 4) is 0 Å². The van der Waals surface area contributed by atoms with Crippen molar-refractivity contribution in [2.45, 2.75) is 74.1 Å². The predicted molar refractivity (Wildman–Crippen MR) is 223 cm³/mol. The van der Waals surface area contributed by atoms with E-state index in [0.29, 0.717) is 0 Å². The molecule has 0 N–H and O–H groups in total. The summed E-state index contributed by atoms with van der Waals surface area (Å²) in [5, 5.41) is -28.3. The fourth-order valence-corrected chi connectivity index (χ4v) is 22.7. The monoisotopic (exact) mass is 1310 g/mol. The molecule has 468 valence electrons. The second-order valence-corrected chi connectivity index (χ2v) is 24.1. The summed E-state index contributed by atoms with van der Waals surface area (Å²) in [6.45, 7) is 0. The van der Waals surface area contributed by atoms with Gasteiger partial charge in [-0.1, -0.05) is 0 Å². The molecule has 0 atom stereocenters. The van der Waals surface area contributed by atoms with Gasteiger partial charge in [0.25, 0.3) is 0 Å².